The Labute approximate surface area is 320 Å². The van der Waals surface area contributed by atoms with Crippen molar-refractivity contribution >= 4 is 17.9 Å². The molecule has 0 rings (SSSR count). The fourth-order valence-corrected chi connectivity index (χ4v) is 5.85. The van der Waals surface area contributed by atoms with Crippen LogP contribution >= 0.6 is 0 Å². The summed E-state index contributed by atoms with van der Waals surface area (Å²) >= 11 is 0. The predicted octanol–water partition coefficient (Wildman–Crippen LogP) is 13.6. The first kappa shape index (κ1) is 49.4. The Balaban J connectivity index is 4.44. The monoisotopic (exact) mass is 729 g/mol. The van der Waals surface area contributed by atoms with Crippen molar-refractivity contribution in [2.45, 2.75) is 213 Å². The van der Waals surface area contributed by atoms with Crippen molar-refractivity contribution in [1.82, 2.24) is 0 Å². The SMILES string of the molecule is CC/C=C\C/C=C\C/C=C\CC(=O)OCC(COC(=O)CCCCC/C=C\CCCCCCCCC)OC(=O)CCCCCCCCCCCCC. The van der Waals surface area contributed by atoms with Crippen molar-refractivity contribution < 1.29 is 28.6 Å². The summed E-state index contributed by atoms with van der Waals surface area (Å²) < 4.78 is 16.5. The van der Waals surface area contributed by atoms with Crippen LogP contribution in [0.4, 0.5) is 0 Å². The molecule has 0 amide bonds. The fraction of sp³-hybridized carbons (Fsp3) is 0.761. The normalized spacial score (nSPS) is 12.4. The number of unbranched alkanes of at least 4 members (excludes halogenated alkanes) is 20. The van der Waals surface area contributed by atoms with Crippen LogP contribution in [0.15, 0.2) is 48.6 Å². The third-order valence-corrected chi connectivity index (χ3v) is 9.10. The van der Waals surface area contributed by atoms with Gasteiger partial charge in [-0.05, 0) is 57.8 Å². The van der Waals surface area contributed by atoms with Gasteiger partial charge < -0.3 is 14.2 Å². The number of hydrogen-bond donors (Lipinski definition) is 0. The summed E-state index contributed by atoms with van der Waals surface area (Å²) in [6.07, 6.45) is 47.0. The van der Waals surface area contributed by atoms with E-state index in [4.69, 9.17) is 14.2 Å². The van der Waals surface area contributed by atoms with Crippen molar-refractivity contribution in [3.63, 3.8) is 0 Å². The van der Waals surface area contributed by atoms with Crippen LogP contribution in [0.25, 0.3) is 0 Å². The molecule has 0 fully saturated rings. The lowest BCUT2D eigenvalue weighted by Gasteiger charge is -2.18. The molecule has 0 saturated heterocycles. The zero-order valence-corrected chi connectivity index (χ0v) is 34.1. The zero-order chi connectivity index (χ0) is 38.0. The molecule has 0 aromatic heterocycles. The second-order valence-corrected chi connectivity index (χ2v) is 14.2. The van der Waals surface area contributed by atoms with Gasteiger partial charge in [0.05, 0.1) is 6.42 Å². The second-order valence-electron chi connectivity index (χ2n) is 14.2. The van der Waals surface area contributed by atoms with Crippen LogP contribution in [0.1, 0.15) is 207 Å². The Morgan fingerprint density at radius 1 is 0.423 bits per heavy atom. The average Bonchev–Trinajstić information content (AvgIpc) is 3.14. The van der Waals surface area contributed by atoms with Gasteiger partial charge in [-0.2, -0.15) is 0 Å². The van der Waals surface area contributed by atoms with Crippen molar-refractivity contribution in [2.24, 2.45) is 0 Å². The van der Waals surface area contributed by atoms with E-state index >= 15 is 0 Å². The molecule has 0 spiro atoms. The minimum absolute atomic E-state index is 0.107. The number of hydrogen-bond acceptors (Lipinski definition) is 6. The van der Waals surface area contributed by atoms with E-state index in [2.05, 4.69) is 57.2 Å². The van der Waals surface area contributed by atoms with E-state index in [0.29, 0.717) is 12.8 Å². The van der Waals surface area contributed by atoms with Crippen LogP contribution in [0.5, 0.6) is 0 Å². The Morgan fingerprint density at radius 2 is 0.827 bits per heavy atom. The summed E-state index contributed by atoms with van der Waals surface area (Å²) in [6.45, 7) is 6.38. The molecule has 0 aliphatic carbocycles. The molecule has 1 atom stereocenters. The molecule has 0 saturated carbocycles. The Kier molecular flexibility index (Phi) is 39.1. The van der Waals surface area contributed by atoms with Gasteiger partial charge in [0.1, 0.15) is 13.2 Å². The summed E-state index contributed by atoms with van der Waals surface area (Å²) in [5.74, 6) is -1.05. The molecule has 0 aliphatic heterocycles. The lowest BCUT2D eigenvalue weighted by molar-refractivity contribution is -0.166. The van der Waals surface area contributed by atoms with Crippen LogP contribution in [0, 0.1) is 0 Å². The van der Waals surface area contributed by atoms with E-state index < -0.39 is 12.1 Å². The van der Waals surface area contributed by atoms with Gasteiger partial charge in [0.2, 0.25) is 0 Å². The van der Waals surface area contributed by atoms with Crippen LogP contribution < -0.4 is 0 Å². The van der Waals surface area contributed by atoms with Gasteiger partial charge in [0.25, 0.3) is 0 Å². The van der Waals surface area contributed by atoms with Crippen LogP contribution in [-0.2, 0) is 28.6 Å². The summed E-state index contributed by atoms with van der Waals surface area (Å²) in [7, 11) is 0. The maximum absolute atomic E-state index is 12.6. The van der Waals surface area contributed by atoms with E-state index in [-0.39, 0.29) is 31.6 Å². The van der Waals surface area contributed by atoms with Crippen molar-refractivity contribution in [3.05, 3.63) is 48.6 Å². The van der Waals surface area contributed by atoms with Crippen molar-refractivity contribution in [1.29, 1.82) is 0 Å². The molecule has 6 heteroatoms. The highest BCUT2D eigenvalue weighted by atomic mass is 16.6. The maximum Gasteiger partial charge on any atom is 0.309 e. The number of allylic oxidation sites excluding steroid dienone is 7. The third kappa shape index (κ3) is 38.6. The maximum atomic E-state index is 12.6. The molecular weight excluding hydrogens is 649 g/mol. The number of carbonyl (C=O) groups is 3. The van der Waals surface area contributed by atoms with Crippen LogP contribution in [0.2, 0.25) is 0 Å². The highest BCUT2D eigenvalue weighted by Crippen LogP contribution is 2.14. The minimum atomic E-state index is -0.808. The number of ether oxygens (including phenoxy) is 3. The van der Waals surface area contributed by atoms with E-state index in [0.717, 1.165) is 70.6 Å². The van der Waals surface area contributed by atoms with E-state index in [1.165, 1.54) is 96.3 Å². The van der Waals surface area contributed by atoms with E-state index in [1.807, 2.05) is 6.08 Å². The smallest absolute Gasteiger partial charge is 0.309 e. The topological polar surface area (TPSA) is 78.9 Å². The van der Waals surface area contributed by atoms with E-state index in [9.17, 15) is 14.4 Å². The molecule has 300 valence electrons. The van der Waals surface area contributed by atoms with Crippen LogP contribution in [-0.4, -0.2) is 37.2 Å². The van der Waals surface area contributed by atoms with Gasteiger partial charge in [0.15, 0.2) is 6.10 Å². The fourth-order valence-electron chi connectivity index (χ4n) is 5.85. The summed E-state index contributed by atoms with van der Waals surface area (Å²) in [6, 6.07) is 0. The highest BCUT2D eigenvalue weighted by molar-refractivity contribution is 5.72. The number of esters is 3. The molecule has 0 aromatic rings. The van der Waals surface area contributed by atoms with Crippen molar-refractivity contribution in [3.8, 4) is 0 Å². The Bertz CT molecular complexity index is 933. The molecule has 0 N–H and O–H groups in total. The number of carbonyl (C=O) groups excluding carboxylic acids is 3. The molecule has 52 heavy (non-hydrogen) atoms. The van der Waals surface area contributed by atoms with Gasteiger partial charge in [-0.3, -0.25) is 14.4 Å². The second kappa shape index (κ2) is 41.1. The molecular formula is C46H80O6. The molecule has 0 radical (unpaired) electrons. The summed E-state index contributed by atoms with van der Waals surface area (Å²) in [5.41, 5.74) is 0. The molecule has 0 aliphatic rings. The van der Waals surface area contributed by atoms with Crippen LogP contribution in [0.3, 0.4) is 0 Å². The lowest BCUT2D eigenvalue weighted by atomic mass is 10.1. The average molecular weight is 729 g/mol. The molecule has 0 heterocycles. The predicted molar refractivity (Wildman–Crippen MR) is 219 cm³/mol. The lowest BCUT2D eigenvalue weighted by Crippen LogP contribution is -2.30. The summed E-state index contributed by atoms with van der Waals surface area (Å²) in [5, 5.41) is 0. The van der Waals surface area contributed by atoms with E-state index in [1.54, 1.807) is 6.08 Å². The Hall–Kier alpha value is -2.63. The van der Waals surface area contributed by atoms with Gasteiger partial charge in [-0.25, -0.2) is 0 Å². The first-order chi connectivity index (χ1) is 25.5. The first-order valence-corrected chi connectivity index (χ1v) is 21.6. The largest absolute Gasteiger partial charge is 0.462 e. The Morgan fingerprint density at radius 3 is 1.35 bits per heavy atom. The first-order valence-electron chi connectivity index (χ1n) is 21.6. The quantitative estimate of drug-likeness (QED) is 0.0272. The van der Waals surface area contributed by atoms with Gasteiger partial charge >= 0.3 is 17.9 Å². The molecule has 1 unspecified atom stereocenters. The third-order valence-electron chi connectivity index (χ3n) is 9.10. The molecule has 6 nitrogen and oxygen atoms in total. The summed E-state index contributed by atoms with van der Waals surface area (Å²) in [4.78, 5) is 37.5. The van der Waals surface area contributed by atoms with Gasteiger partial charge in [-0.15, -0.1) is 0 Å². The van der Waals surface area contributed by atoms with Crippen molar-refractivity contribution in [2.75, 3.05) is 13.2 Å². The standard InChI is InChI=1S/C46H80O6/c1-4-7-10-13-16-19-21-22-23-25-27-30-33-36-39-45(48)51-42-43(41-50-44(47)38-35-32-29-26-18-15-12-9-6-3)52-46(49)40-37-34-31-28-24-20-17-14-11-8-5-2/h9,12,18,23,25-26,32,35,43H,4-8,10-11,13-17,19-22,24,27-31,33-34,36-42H2,1-3H3/b12-9-,25-23-,26-18-,35-32-. The minimum Gasteiger partial charge on any atom is -0.462 e. The molecule has 0 bridgehead atoms. The highest BCUT2D eigenvalue weighted by Gasteiger charge is 2.19. The zero-order valence-electron chi connectivity index (χ0n) is 34.1. The van der Waals surface area contributed by atoms with Gasteiger partial charge in [-0.1, -0.05) is 179 Å². The van der Waals surface area contributed by atoms with Gasteiger partial charge in [0, 0.05) is 12.8 Å². The number of rotatable bonds is 38. The molecule has 0 aromatic carbocycles.